The average Bonchev–Trinajstić information content (AvgIpc) is 1.83. The van der Waals surface area contributed by atoms with E-state index in [2.05, 4.69) is 4.52 Å². The SMILES string of the molecule is CCC(O)CO[P+](=O)O. The molecule has 0 aromatic carbocycles. The highest BCUT2D eigenvalue weighted by atomic mass is 31.1. The normalized spacial score (nSPS) is 15.2. The van der Waals surface area contributed by atoms with Crippen LogP contribution in [0.25, 0.3) is 0 Å². The van der Waals surface area contributed by atoms with E-state index in [1.807, 2.05) is 0 Å². The second kappa shape index (κ2) is 4.82. The molecule has 0 aliphatic heterocycles. The summed E-state index contributed by atoms with van der Waals surface area (Å²) in [4.78, 5) is 8.07. The van der Waals surface area contributed by atoms with Crippen molar-refractivity contribution >= 4 is 8.25 Å². The van der Waals surface area contributed by atoms with E-state index >= 15 is 0 Å². The van der Waals surface area contributed by atoms with Gasteiger partial charge < -0.3 is 5.11 Å². The quantitative estimate of drug-likeness (QED) is 0.574. The summed E-state index contributed by atoms with van der Waals surface area (Å²) in [6, 6.07) is 0. The van der Waals surface area contributed by atoms with Gasteiger partial charge >= 0.3 is 8.25 Å². The van der Waals surface area contributed by atoms with Crippen molar-refractivity contribution in [2.75, 3.05) is 6.61 Å². The second-order valence-corrected chi connectivity index (χ2v) is 2.33. The van der Waals surface area contributed by atoms with Crippen LogP contribution in [-0.4, -0.2) is 22.7 Å². The molecule has 0 radical (unpaired) electrons. The topological polar surface area (TPSA) is 66.8 Å². The molecular weight excluding hydrogens is 143 g/mol. The van der Waals surface area contributed by atoms with E-state index < -0.39 is 14.4 Å². The van der Waals surface area contributed by atoms with E-state index in [1.165, 1.54) is 0 Å². The molecule has 0 aromatic heterocycles. The lowest BCUT2D eigenvalue weighted by Gasteiger charge is -1.98. The molecule has 0 aromatic rings. The first-order valence-corrected chi connectivity index (χ1v) is 3.77. The van der Waals surface area contributed by atoms with Crippen LogP contribution in [0.5, 0.6) is 0 Å². The minimum atomic E-state index is -2.55. The molecular formula is C4H10O4P+. The number of aliphatic hydroxyl groups excluding tert-OH is 1. The lowest BCUT2D eigenvalue weighted by molar-refractivity contribution is 0.102. The van der Waals surface area contributed by atoms with Crippen LogP contribution < -0.4 is 0 Å². The van der Waals surface area contributed by atoms with Gasteiger partial charge in [-0.15, -0.1) is 9.42 Å². The van der Waals surface area contributed by atoms with Gasteiger partial charge in [-0.25, -0.2) is 0 Å². The van der Waals surface area contributed by atoms with Crippen molar-refractivity contribution in [3.63, 3.8) is 0 Å². The Balaban J connectivity index is 3.16. The Labute approximate surface area is 54.4 Å². The minimum absolute atomic E-state index is 0.0673. The fourth-order valence-corrected chi connectivity index (χ4v) is 0.567. The first-order chi connectivity index (χ1) is 4.16. The summed E-state index contributed by atoms with van der Waals surface area (Å²) in [5, 5.41) is 8.74. The third kappa shape index (κ3) is 5.86. The van der Waals surface area contributed by atoms with E-state index in [1.54, 1.807) is 6.92 Å². The molecule has 0 aliphatic carbocycles. The van der Waals surface area contributed by atoms with Gasteiger partial charge in [-0.1, -0.05) is 6.92 Å². The summed E-state index contributed by atoms with van der Waals surface area (Å²) in [6.45, 7) is 1.70. The van der Waals surface area contributed by atoms with Crippen molar-refractivity contribution in [1.82, 2.24) is 0 Å². The summed E-state index contributed by atoms with van der Waals surface area (Å²) in [7, 11) is -2.55. The zero-order valence-corrected chi connectivity index (χ0v) is 6.04. The maximum absolute atomic E-state index is 9.83. The fourth-order valence-electron chi connectivity index (χ4n) is 0.268. The molecule has 0 bridgehead atoms. The van der Waals surface area contributed by atoms with E-state index in [0.717, 1.165) is 0 Å². The standard InChI is InChI=1S/C4H9O4P/c1-2-4(5)3-8-9(6)7/h4-5H,2-3H2,1H3/p+1. The monoisotopic (exact) mass is 153 g/mol. The largest absolute Gasteiger partial charge is 0.694 e. The van der Waals surface area contributed by atoms with Gasteiger partial charge in [0.2, 0.25) is 0 Å². The van der Waals surface area contributed by atoms with E-state index in [4.69, 9.17) is 10.00 Å². The molecule has 0 heterocycles. The van der Waals surface area contributed by atoms with Crippen molar-refractivity contribution in [3.05, 3.63) is 0 Å². The molecule has 2 atom stereocenters. The van der Waals surface area contributed by atoms with Crippen LogP contribution in [0.2, 0.25) is 0 Å². The molecule has 0 amide bonds. The molecule has 0 fully saturated rings. The molecule has 9 heavy (non-hydrogen) atoms. The van der Waals surface area contributed by atoms with Gasteiger partial charge in [-0.05, 0) is 6.42 Å². The summed E-state index contributed by atoms with van der Waals surface area (Å²) in [5.41, 5.74) is 0. The van der Waals surface area contributed by atoms with Gasteiger partial charge in [0.05, 0.1) is 6.10 Å². The molecule has 0 spiro atoms. The maximum Gasteiger partial charge on any atom is 0.694 e. The Hall–Kier alpha value is -0.0200. The summed E-state index contributed by atoms with van der Waals surface area (Å²) >= 11 is 0. The predicted octanol–water partition coefficient (Wildman–Crippen LogP) is 0.424. The number of hydrogen-bond donors (Lipinski definition) is 2. The van der Waals surface area contributed by atoms with Crippen LogP contribution in [0.3, 0.4) is 0 Å². The molecule has 0 saturated carbocycles. The lowest BCUT2D eigenvalue weighted by Crippen LogP contribution is -2.10. The Morgan fingerprint density at radius 1 is 1.78 bits per heavy atom. The van der Waals surface area contributed by atoms with Crippen molar-refractivity contribution in [2.24, 2.45) is 0 Å². The van der Waals surface area contributed by atoms with Gasteiger partial charge in [0.1, 0.15) is 6.61 Å². The smallest absolute Gasteiger partial charge is 0.391 e. The molecule has 2 unspecified atom stereocenters. The molecule has 0 aliphatic rings. The molecule has 2 N–H and O–H groups in total. The highest BCUT2D eigenvalue weighted by molar-refractivity contribution is 7.32. The maximum atomic E-state index is 9.83. The third-order valence-corrected chi connectivity index (χ3v) is 1.22. The van der Waals surface area contributed by atoms with Crippen LogP contribution in [0.15, 0.2) is 0 Å². The number of aliphatic hydroxyl groups is 1. The van der Waals surface area contributed by atoms with Gasteiger partial charge in [-0.3, -0.25) is 0 Å². The van der Waals surface area contributed by atoms with Crippen molar-refractivity contribution in [1.29, 1.82) is 0 Å². The van der Waals surface area contributed by atoms with Crippen LogP contribution in [-0.2, 0) is 9.09 Å². The molecule has 5 heteroatoms. The summed E-state index contributed by atoms with van der Waals surface area (Å²) in [5.74, 6) is 0. The fraction of sp³-hybridized carbons (Fsp3) is 1.00. The van der Waals surface area contributed by atoms with Gasteiger partial charge in [0.25, 0.3) is 0 Å². The van der Waals surface area contributed by atoms with Gasteiger partial charge in [0.15, 0.2) is 0 Å². The Morgan fingerprint density at radius 2 is 2.33 bits per heavy atom. The molecule has 4 nitrogen and oxygen atoms in total. The van der Waals surface area contributed by atoms with Crippen molar-refractivity contribution < 1.29 is 19.1 Å². The average molecular weight is 153 g/mol. The Morgan fingerprint density at radius 3 is 2.67 bits per heavy atom. The first kappa shape index (κ1) is 8.98. The first-order valence-electron chi connectivity index (χ1n) is 2.64. The Kier molecular flexibility index (Phi) is 4.81. The predicted molar refractivity (Wildman–Crippen MR) is 32.1 cm³/mol. The van der Waals surface area contributed by atoms with E-state index in [9.17, 15) is 4.57 Å². The lowest BCUT2D eigenvalue weighted by atomic mass is 10.3. The molecule has 0 rings (SSSR count). The van der Waals surface area contributed by atoms with Crippen LogP contribution in [0, 0.1) is 0 Å². The van der Waals surface area contributed by atoms with Crippen molar-refractivity contribution in [3.8, 4) is 0 Å². The third-order valence-electron chi connectivity index (χ3n) is 0.849. The van der Waals surface area contributed by atoms with Crippen LogP contribution >= 0.6 is 8.25 Å². The summed E-state index contributed by atoms with van der Waals surface area (Å²) in [6.07, 6.45) is -0.0977. The minimum Gasteiger partial charge on any atom is -0.391 e. The van der Waals surface area contributed by atoms with Crippen LogP contribution in [0.4, 0.5) is 0 Å². The van der Waals surface area contributed by atoms with Gasteiger partial charge in [-0.2, -0.15) is 0 Å². The highest BCUT2D eigenvalue weighted by Crippen LogP contribution is 2.14. The second-order valence-electron chi connectivity index (χ2n) is 1.60. The Bertz CT molecular complexity index is 94.6. The molecule has 0 saturated heterocycles. The summed E-state index contributed by atoms with van der Waals surface area (Å²) < 4.78 is 14.0. The van der Waals surface area contributed by atoms with E-state index in [-0.39, 0.29) is 6.61 Å². The van der Waals surface area contributed by atoms with Gasteiger partial charge in [0, 0.05) is 4.57 Å². The molecule has 54 valence electrons. The zero-order chi connectivity index (χ0) is 7.28. The van der Waals surface area contributed by atoms with Crippen LogP contribution in [0.1, 0.15) is 13.3 Å². The van der Waals surface area contributed by atoms with E-state index in [0.29, 0.717) is 6.42 Å². The number of rotatable bonds is 4. The van der Waals surface area contributed by atoms with Crippen molar-refractivity contribution in [2.45, 2.75) is 19.4 Å². The highest BCUT2D eigenvalue weighted by Gasteiger charge is 2.14. The number of hydrogen-bond acceptors (Lipinski definition) is 3. The zero-order valence-electron chi connectivity index (χ0n) is 5.15.